The van der Waals surface area contributed by atoms with E-state index in [2.05, 4.69) is 41.1 Å². The zero-order valence-corrected chi connectivity index (χ0v) is 13.9. The average Bonchev–Trinajstić information content (AvgIpc) is 2.73. The van der Waals surface area contributed by atoms with E-state index < -0.39 is 0 Å². The van der Waals surface area contributed by atoms with Crippen molar-refractivity contribution in [1.29, 1.82) is 0 Å². The number of aryl methyl sites for hydroxylation is 2. The summed E-state index contributed by atoms with van der Waals surface area (Å²) in [5.41, 5.74) is 2.74. The molecular formula is C15H25IN2. The second kappa shape index (κ2) is 6.92. The van der Waals surface area contributed by atoms with Crippen LogP contribution >= 0.6 is 22.6 Å². The van der Waals surface area contributed by atoms with Crippen LogP contribution in [-0.2, 0) is 19.4 Å². The lowest BCUT2D eigenvalue weighted by molar-refractivity contribution is 0.317. The first kappa shape index (κ1) is 14.4. The molecule has 0 unspecified atom stereocenters. The predicted octanol–water partition coefficient (Wildman–Crippen LogP) is 4.58. The summed E-state index contributed by atoms with van der Waals surface area (Å²) >= 11 is 2.47. The molecule has 0 bridgehead atoms. The van der Waals surface area contributed by atoms with Crippen molar-refractivity contribution in [2.24, 2.45) is 5.92 Å². The van der Waals surface area contributed by atoms with Crippen molar-refractivity contribution in [3.05, 3.63) is 15.0 Å². The van der Waals surface area contributed by atoms with E-state index in [1.807, 2.05) is 0 Å². The summed E-state index contributed by atoms with van der Waals surface area (Å²) in [4.78, 5) is 0. The lowest BCUT2D eigenvalue weighted by Crippen LogP contribution is -2.12. The fourth-order valence-electron chi connectivity index (χ4n) is 3.06. The van der Waals surface area contributed by atoms with Crippen molar-refractivity contribution in [1.82, 2.24) is 9.78 Å². The summed E-state index contributed by atoms with van der Waals surface area (Å²) < 4.78 is 3.69. The van der Waals surface area contributed by atoms with E-state index >= 15 is 0 Å². The molecule has 0 atom stereocenters. The summed E-state index contributed by atoms with van der Waals surface area (Å²) in [6.07, 6.45) is 10.7. The van der Waals surface area contributed by atoms with Gasteiger partial charge in [0.15, 0.2) is 0 Å². The first-order valence-electron chi connectivity index (χ1n) is 7.50. The molecule has 0 aromatic carbocycles. The molecule has 1 aromatic rings. The number of aromatic nitrogens is 2. The van der Waals surface area contributed by atoms with E-state index in [1.54, 1.807) is 0 Å². The number of halogens is 1. The molecule has 0 amide bonds. The molecule has 0 N–H and O–H groups in total. The highest BCUT2D eigenvalue weighted by Gasteiger charge is 2.16. The van der Waals surface area contributed by atoms with Crippen LogP contribution in [0, 0.1) is 9.49 Å². The summed E-state index contributed by atoms with van der Waals surface area (Å²) in [6.45, 7) is 5.58. The van der Waals surface area contributed by atoms with Crippen LogP contribution in [0.15, 0.2) is 0 Å². The Morgan fingerprint density at radius 2 is 1.89 bits per heavy atom. The summed E-state index contributed by atoms with van der Waals surface area (Å²) in [5, 5.41) is 4.79. The van der Waals surface area contributed by atoms with E-state index in [9.17, 15) is 0 Å². The SMILES string of the molecule is CCc1nn(CCC2CCCCC2)c(CC)c1I. The Hall–Kier alpha value is -0.0600. The molecule has 1 aliphatic carbocycles. The summed E-state index contributed by atoms with van der Waals surface area (Å²) in [6, 6.07) is 0. The van der Waals surface area contributed by atoms with Crippen molar-refractivity contribution < 1.29 is 0 Å². The molecule has 0 aliphatic heterocycles. The molecule has 1 fully saturated rings. The van der Waals surface area contributed by atoms with E-state index in [0.717, 1.165) is 25.3 Å². The van der Waals surface area contributed by atoms with Gasteiger partial charge in [0.25, 0.3) is 0 Å². The number of hydrogen-bond acceptors (Lipinski definition) is 1. The van der Waals surface area contributed by atoms with Crippen LogP contribution in [0.5, 0.6) is 0 Å². The quantitative estimate of drug-likeness (QED) is 0.703. The zero-order valence-electron chi connectivity index (χ0n) is 11.7. The Morgan fingerprint density at radius 1 is 1.17 bits per heavy atom. The fourth-order valence-corrected chi connectivity index (χ4v) is 4.21. The van der Waals surface area contributed by atoms with Crippen LogP contribution in [0.3, 0.4) is 0 Å². The van der Waals surface area contributed by atoms with Gasteiger partial charge in [0, 0.05) is 6.54 Å². The zero-order chi connectivity index (χ0) is 13.0. The van der Waals surface area contributed by atoms with Crippen molar-refractivity contribution >= 4 is 22.6 Å². The van der Waals surface area contributed by atoms with Gasteiger partial charge < -0.3 is 0 Å². The predicted molar refractivity (Wildman–Crippen MR) is 84.9 cm³/mol. The molecular weight excluding hydrogens is 335 g/mol. The Morgan fingerprint density at radius 3 is 2.50 bits per heavy atom. The van der Waals surface area contributed by atoms with E-state index in [4.69, 9.17) is 5.10 Å². The molecule has 102 valence electrons. The van der Waals surface area contributed by atoms with Crippen molar-refractivity contribution in [3.63, 3.8) is 0 Å². The molecule has 0 saturated heterocycles. The Labute approximate surface area is 125 Å². The fraction of sp³-hybridized carbons (Fsp3) is 0.800. The van der Waals surface area contributed by atoms with E-state index in [0.29, 0.717) is 0 Å². The molecule has 1 aromatic heterocycles. The maximum atomic E-state index is 4.79. The van der Waals surface area contributed by atoms with Crippen LogP contribution in [0.4, 0.5) is 0 Å². The van der Waals surface area contributed by atoms with Gasteiger partial charge in [0.1, 0.15) is 0 Å². The standard InChI is InChI=1S/C15H25IN2/c1-3-13-15(16)14(4-2)18(17-13)11-10-12-8-6-5-7-9-12/h12H,3-11H2,1-2H3. The van der Waals surface area contributed by atoms with Gasteiger partial charge >= 0.3 is 0 Å². The van der Waals surface area contributed by atoms with E-state index in [-0.39, 0.29) is 0 Å². The monoisotopic (exact) mass is 360 g/mol. The minimum Gasteiger partial charge on any atom is -0.268 e. The van der Waals surface area contributed by atoms with Crippen LogP contribution in [0.2, 0.25) is 0 Å². The Balaban J connectivity index is 1.99. The smallest absolute Gasteiger partial charge is 0.0758 e. The normalized spacial score (nSPS) is 17.3. The summed E-state index contributed by atoms with van der Waals surface area (Å²) in [5.74, 6) is 0.954. The summed E-state index contributed by atoms with van der Waals surface area (Å²) in [7, 11) is 0. The average molecular weight is 360 g/mol. The number of rotatable bonds is 5. The highest BCUT2D eigenvalue weighted by molar-refractivity contribution is 14.1. The first-order valence-corrected chi connectivity index (χ1v) is 8.58. The molecule has 0 spiro atoms. The van der Waals surface area contributed by atoms with Crippen molar-refractivity contribution in [2.75, 3.05) is 0 Å². The van der Waals surface area contributed by atoms with Gasteiger partial charge in [-0.05, 0) is 47.8 Å². The number of nitrogens with zero attached hydrogens (tertiary/aromatic N) is 2. The van der Waals surface area contributed by atoms with E-state index in [1.165, 1.54) is 53.5 Å². The van der Waals surface area contributed by atoms with Crippen molar-refractivity contribution in [3.8, 4) is 0 Å². The molecule has 18 heavy (non-hydrogen) atoms. The largest absolute Gasteiger partial charge is 0.268 e. The van der Waals surface area contributed by atoms with Gasteiger partial charge in [-0.3, -0.25) is 4.68 Å². The van der Waals surface area contributed by atoms with Crippen molar-refractivity contribution in [2.45, 2.75) is 71.8 Å². The lowest BCUT2D eigenvalue weighted by Gasteiger charge is -2.21. The minimum atomic E-state index is 0.954. The molecule has 2 nitrogen and oxygen atoms in total. The van der Waals surface area contributed by atoms with Crippen LogP contribution in [0.25, 0.3) is 0 Å². The lowest BCUT2D eigenvalue weighted by atomic mass is 9.87. The van der Waals surface area contributed by atoms with Crippen LogP contribution in [0.1, 0.15) is 63.8 Å². The molecule has 3 heteroatoms. The molecule has 2 rings (SSSR count). The topological polar surface area (TPSA) is 17.8 Å². The molecule has 1 heterocycles. The Bertz CT molecular complexity index is 378. The second-order valence-electron chi connectivity index (χ2n) is 5.43. The molecule has 1 aliphatic rings. The van der Waals surface area contributed by atoms with Gasteiger partial charge in [-0.25, -0.2) is 0 Å². The minimum absolute atomic E-state index is 0.954. The maximum absolute atomic E-state index is 4.79. The van der Waals surface area contributed by atoms with Gasteiger partial charge in [-0.2, -0.15) is 5.10 Å². The molecule has 0 radical (unpaired) electrons. The third kappa shape index (κ3) is 3.28. The highest BCUT2D eigenvalue weighted by Crippen LogP contribution is 2.27. The second-order valence-corrected chi connectivity index (χ2v) is 6.51. The van der Waals surface area contributed by atoms with Gasteiger partial charge in [0.2, 0.25) is 0 Å². The Kier molecular flexibility index (Phi) is 5.52. The van der Waals surface area contributed by atoms with Crippen LogP contribution in [-0.4, -0.2) is 9.78 Å². The third-order valence-electron chi connectivity index (χ3n) is 4.20. The van der Waals surface area contributed by atoms with Crippen LogP contribution < -0.4 is 0 Å². The third-order valence-corrected chi connectivity index (χ3v) is 5.45. The maximum Gasteiger partial charge on any atom is 0.0758 e. The highest BCUT2D eigenvalue weighted by atomic mass is 127. The van der Waals surface area contributed by atoms with Gasteiger partial charge in [-0.15, -0.1) is 0 Å². The van der Waals surface area contributed by atoms with Gasteiger partial charge in [0.05, 0.1) is 15.0 Å². The van der Waals surface area contributed by atoms with Gasteiger partial charge in [-0.1, -0.05) is 46.0 Å². The first-order chi connectivity index (χ1) is 8.76. The number of hydrogen-bond donors (Lipinski definition) is 0. The molecule has 1 saturated carbocycles.